The average Bonchev–Trinajstić information content (AvgIpc) is 3.21. The maximum Gasteiger partial charge on any atom is 0.0522 e. The molecule has 0 saturated heterocycles. The molecule has 0 fully saturated rings. The lowest BCUT2D eigenvalue weighted by Gasteiger charge is -2.20. The second-order valence-electron chi connectivity index (χ2n) is 10.1. The van der Waals surface area contributed by atoms with Crippen LogP contribution < -0.4 is 10.6 Å². The largest absolute Gasteiger partial charge is 0.311 e. The first-order valence-electron chi connectivity index (χ1n) is 13.3. The maximum atomic E-state index is 3.41. The lowest BCUT2D eigenvalue weighted by molar-refractivity contribution is 0.451. The molecule has 0 heterocycles. The molecule has 0 aromatic heterocycles. The highest BCUT2D eigenvalue weighted by atomic mass is 127. The molecule has 2 atom stereocenters. The molecule has 0 saturated carbocycles. The molecule has 4 aromatic rings. The molecule has 0 radical (unpaired) electrons. The fourth-order valence-corrected chi connectivity index (χ4v) is 4.72. The van der Waals surface area contributed by atoms with Crippen molar-refractivity contribution in [2.75, 3.05) is 28.2 Å². The Morgan fingerprint density at radius 1 is 0.553 bits per heavy atom. The van der Waals surface area contributed by atoms with Gasteiger partial charge in [-0.25, -0.2) is 0 Å². The molecule has 38 heavy (non-hydrogen) atoms. The molecule has 0 bridgehead atoms. The Labute approximate surface area is 245 Å². The van der Waals surface area contributed by atoms with E-state index in [1.807, 2.05) is 31.3 Å². The van der Waals surface area contributed by atoms with Gasteiger partial charge in [0.1, 0.15) is 0 Å². The summed E-state index contributed by atoms with van der Waals surface area (Å²) in [6.45, 7) is 12.9. The number of likely N-dealkylation sites (N-methyl/N-ethyl adjacent to an activating group) is 2. The van der Waals surface area contributed by atoms with Gasteiger partial charge in [-0.05, 0) is 125 Å². The van der Waals surface area contributed by atoms with Crippen molar-refractivity contribution < 1.29 is 0 Å². The van der Waals surface area contributed by atoms with Crippen LogP contribution in [0.1, 0.15) is 56.6 Å². The van der Waals surface area contributed by atoms with E-state index in [1.165, 1.54) is 55.3 Å². The van der Waals surface area contributed by atoms with Crippen LogP contribution in [0.15, 0.2) is 72.8 Å². The molecule has 4 heteroatoms. The van der Waals surface area contributed by atoms with Crippen LogP contribution in [0.2, 0.25) is 0 Å². The molecule has 5 rings (SSSR count). The Morgan fingerprint density at radius 2 is 0.842 bits per heavy atom. The number of benzene rings is 4. The Morgan fingerprint density at radius 3 is 1.11 bits per heavy atom. The topological polar surface area (TPSA) is 27.3 Å². The Bertz CT molecular complexity index is 1180. The van der Waals surface area contributed by atoms with Crippen LogP contribution in [-0.2, 0) is 0 Å². The third kappa shape index (κ3) is 8.37. The molecule has 3 nitrogen and oxygen atoms in total. The molecular formula is C34H46IN3. The molecule has 204 valence electrons. The molecule has 4 aromatic carbocycles. The van der Waals surface area contributed by atoms with Gasteiger partial charge in [0.05, 0.1) is 12.1 Å². The number of aryl methyl sites for hydroxylation is 4. The van der Waals surface area contributed by atoms with Crippen LogP contribution >= 0.6 is 22.9 Å². The smallest absolute Gasteiger partial charge is 0.0522 e. The van der Waals surface area contributed by atoms with Crippen LogP contribution in [-0.4, -0.2) is 31.3 Å². The van der Waals surface area contributed by atoms with E-state index in [-0.39, 0.29) is 0 Å². The van der Waals surface area contributed by atoms with E-state index in [0.29, 0.717) is 12.1 Å². The summed E-state index contributed by atoms with van der Waals surface area (Å²) in [5.74, 6) is 0. The summed E-state index contributed by atoms with van der Waals surface area (Å²) in [6, 6.07) is 26.6. The highest BCUT2D eigenvalue weighted by Gasteiger charge is 2.31. The van der Waals surface area contributed by atoms with Gasteiger partial charge in [0.25, 0.3) is 0 Å². The minimum atomic E-state index is 0.381. The van der Waals surface area contributed by atoms with E-state index in [2.05, 4.69) is 148 Å². The molecular weight excluding hydrogens is 577 g/mol. The Balaban J connectivity index is 0.000000199. The summed E-state index contributed by atoms with van der Waals surface area (Å²) in [5, 5.41) is 9.58. The highest BCUT2D eigenvalue weighted by molar-refractivity contribution is 14.1. The van der Waals surface area contributed by atoms with Crippen LogP contribution in [0, 0.1) is 41.5 Å². The van der Waals surface area contributed by atoms with Gasteiger partial charge in [0, 0.05) is 22.9 Å². The van der Waals surface area contributed by atoms with Crippen LogP contribution in [0.4, 0.5) is 0 Å². The summed E-state index contributed by atoms with van der Waals surface area (Å²) in [4.78, 5) is 0. The van der Waals surface area contributed by atoms with Crippen LogP contribution in [0.25, 0.3) is 10.8 Å². The van der Waals surface area contributed by atoms with Gasteiger partial charge in [-0.2, -0.15) is 0 Å². The van der Waals surface area contributed by atoms with E-state index in [1.54, 1.807) is 0 Å². The van der Waals surface area contributed by atoms with Crippen molar-refractivity contribution in [3.63, 3.8) is 0 Å². The normalized spacial score (nSPS) is 15.2. The second kappa shape index (κ2) is 15.4. The van der Waals surface area contributed by atoms with Crippen molar-refractivity contribution in [2.24, 2.45) is 0 Å². The summed E-state index contributed by atoms with van der Waals surface area (Å²) >= 11 is 2.18. The van der Waals surface area contributed by atoms with Gasteiger partial charge in [-0.3, -0.25) is 3.11 Å². The first-order chi connectivity index (χ1) is 18.0. The van der Waals surface area contributed by atoms with E-state index in [0.717, 1.165) is 0 Å². The van der Waals surface area contributed by atoms with Gasteiger partial charge < -0.3 is 10.6 Å². The quantitative estimate of drug-likeness (QED) is 0.173. The maximum absolute atomic E-state index is 3.41. The van der Waals surface area contributed by atoms with Crippen molar-refractivity contribution in [1.82, 2.24) is 13.7 Å². The molecule has 0 amide bonds. The number of hydrogen-bond donors (Lipinski definition) is 2. The molecule has 0 aliphatic heterocycles. The minimum absolute atomic E-state index is 0.381. The number of nitrogens with one attached hydrogen (secondary N) is 2. The zero-order valence-electron chi connectivity index (χ0n) is 24.9. The second-order valence-corrected chi connectivity index (χ2v) is 12.1. The van der Waals surface area contributed by atoms with Crippen molar-refractivity contribution >= 4 is 33.6 Å². The molecule has 0 spiro atoms. The fraction of sp³-hybridized carbons (Fsp3) is 0.353. The Kier molecular flexibility index (Phi) is 12.9. The lowest BCUT2D eigenvalue weighted by Crippen LogP contribution is -2.28. The average molecular weight is 624 g/mol. The van der Waals surface area contributed by atoms with Crippen molar-refractivity contribution in [3.05, 3.63) is 117 Å². The lowest BCUT2D eigenvalue weighted by atomic mass is 10.0. The number of rotatable bonds is 2. The first-order valence-corrected chi connectivity index (χ1v) is 14.2. The first kappa shape index (κ1) is 32.0. The summed E-state index contributed by atoms with van der Waals surface area (Å²) in [5.41, 5.74) is 11.2. The molecule has 2 unspecified atom stereocenters. The zero-order valence-corrected chi connectivity index (χ0v) is 27.1. The van der Waals surface area contributed by atoms with Gasteiger partial charge in [0.15, 0.2) is 0 Å². The van der Waals surface area contributed by atoms with Gasteiger partial charge >= 0.3 is 0 Å². The van der Waals surface area contributed by atoms with Crippen LogP contribution in [0.3, 0.4) is 0 Å². The van der Waals surface area contributed by atoms with Crippen molar-refractivity contribution in [3.8, 4) is 0 Å². The van der Waals surface area contributed by atoms with E-state index in [4.69, 9.17) is 0 Å². The molecule has 1 aliphatic rings. The third-order valence-electron chi connectivity index (χ3n) is 7.35. The van der Waals surface area contributed by atoms with E-state index < -0.39 is 0 Å². The fourth-order valence-electron chi connectivity index (χ4n) is 4.72. The number of halogens is 1. The summed E-state index contributed by atoms with van der Waals surface area (Å²) < 4.78 is 1.97. The van der Waals surface area contributed by atoms with Gasteiger partial charge in [0.2, 0.25) is 0 Å². The number of hydrogen-bond acceptors (Lipinski definition) is 3. The molecule has 1 aliphatic carbocycles. The standard InChI is InChI=1S/C14H16N2.2C9H12.C2H6IN/c1-15-13-10-7-3-5-9-6-4-8-11(12(9)10)14(13)16-2;2*1-7-5-4-6-8(2)9(7)3;1-4(2)3/h3-8,13-16H,1-2H3;2*4-6H,1-3H3;1-2H3. The predicted molar refractivity (Wildman–Crippen MR) is 177 cm³/mol. The third-order valence-corrected chi connectivity index (χ3v) is 7.35. The zero-order chi connectivity index (χ0) is 28.4. The van der Waals surface area contributed by atoms with Gasteiger partial charge in [-0.15, -0.1) is 0 Å². The predicted octanol–water partition coefficient (Wildman–Crippen LogP) is 8.50. The Hall–Kier alpha value is -2.25. The summed E-state index contributed by atoms with van der Waals surface area (Å²) in [6.07, 6.45) is 0. The SMILES string of the molecule is CN(C)I.CNC1c2cccc3cccc(c23)C1NC.Cc1cccc(C)c1C.Cc1cccc(C)c1C. The highest BCUT2D eigenvalue weighted by Crippen LogP contribution is 2.43. The molecule has 2 N–H and O–H groups in total. The number of nitrogens with zero attached hydrogens (tertiary/aromatic N) is 1. The van der Waals surface area contributed by atoms with Gasteiger partial charge in [-0.1, -0.05) is 72.8 Å². The van der Waals surface area contributed by atoms with E-state index in [9.17, 15) is 0 Å². The van der Waals surface area contributed by atoms with E-state index >= 15 is 0 Å². The minimum Gasteiger partial charge on any atom is -0.311 e. The van der Waals surface area contributed by atoms with Crippen molar-refractivity contribution in [1.29, 1.82) is 0 Å². The van der Waals surface area contributed by atoms with Crippen molar-refractivity contribution in [2.45, 2.75) is 53.6 Å². The monoisotopic (exact) mass is 623 g/mol. The van der Waals surface area contributed by atoms with Crippen LogP contribution in [0.5, 0.6) is 0 Å². The summed E-state index contributed by atoms with van der Waals surface area (Å²) in [7, 11) is 8.03.